The zero-order valence-electron chi connectivity index (χ0n) is 18.1. The lowest BCUT2D eigenvalue weighted by atomic mass is 10.1. The van der Waals surface area contributed by atoms with Crippen molar-refractivity contribution in [3.63, 3.8) is 0 Å². The second-order valence-electron chi connectivity index (χ2n) is 7.92. The van der Waals surface area contributed by atoms with E-state index in [2.05, 4.69) is 10.6 Å². The van der Waals surface area contributed by atoms with Gasteiger partial charge >= 0.3 is 12.1 Å². The molecule has 3 aromatic carbocycles. The molecule has 0 unspecified atom stereocenters. The highest BCUT2D eigenvalue weighted by atomic mass is 19.2. The fourth-order valence-corrected chi connectivity index (χ4v) is 3.75. The highest BCUT2D eigenvalue weighted by Crippen LogP contribution is 2.29. The lowest BCUT2D eigenvalue weighted by molar-refractivity contribution is 0.192. The van der Waals surface area contributed by atoms with Crippen LogP contribution >= 0.6 is 0 Å². The molecule has 0 atom stereocenters. The number of carbonyl (C=O) groups excluding carboxylic acids is 2. The number of halogens is 2. The maximum Gasteiger partial charge on any atom is 0.324 e. The van der Waals surface area contributed by atoms with Crippen molar-refractivity contribution in [3.05, 3.63) is 89.5 Å². The summed E-state index contributed by atoms with van der Waals surface area (Å²) in [7, 11) is 0. The molecule has 0 radical (unpaired) electrons. The van der Waals surface area contributed by atoms with Crippen molar-refractivity contribution in [1.82, 2.24) is 4.90 Å². The minimum atomic E-state index is -0.942. The van der Waals surface area contributed by atoms with E-state index < -0.39 is 17.7 Å². The van der Waals surface area contributed by atoms with E-state index in [0.717, 1.165) is 17.7 Å². The van der Waals surface area contributed by atoms with E-state index >= 15 is 0 Å². The van der Waals surface area contributed by atoms with Crippen molar-refractivity contribution in [2.75, 3.05) is 28.6 Å². The number of anilines is 3. The molecular formula is C25H24F2N4O2. The van der Waals surface area contributed by atoms with E-state index in [1.807, 2.05) is 31.2 Å². The molecular weight excluding hydrogens is 426 g/mol. The Labute approximate surface area is 190 Å². The normalized spacial score (nSPS) is 13.7. The van der Waals surface area contributed by atoms with Crippen molar-refractivity contribution in [1.29, 1.82) is 0 Å². The third-order valence-electron chi connectivity index (χ3n) is 5.42. The van der Waals surface area contributed by atoms with Crippen LogP contribution in [0.25, 0.3) is 0 Å². The number of benzene rings is 3. The van der Waals surface area contributed by atoms with Crippen LogP contribution in [0, 0.1) is 18.6 Å². The van der Waals surface area contributed by atoms with Gasteiger partial charge in [-0.15, -0.1) is 0 Å². The summed E-state index contributed by atoms with van der Waals surface area (Å²) in [6.07, 6.45) is 0.694. The molecule has 1 fully saturated rings. The average Bonchev–Trinajstić information content (AvgIpc) is 2.80. The smallest absolute Gasteiger partial charge is 0.320 e. The van der Waals surface area contributed by atoms with Gasteiger partial charge in [0.25, 0.3) is 0 Å². The number of para-hydroxylation sites is 2. The molecule has 6 nitrogen and oxygen atoms in total. The van der Waals surface area contributed by atoms with Gasteiger partial charge in [0.2, 0.25) is 0 Å². The summed E-state index contributed by atoms with van der Waals surface area (Å²) in [4.78, 5) is 28.9. The van der Waals surface area contributed by atoms with Crippen molar-refractivity contribution in [3.8, 4) is 0 Å². The van der Waals surface area contributed by atoms with Gasteiger partial charge in [-0.05, 0) is 55.3 Å². The lowest BCUT2D eigenvalue weighted by Crippen LogP contribution is -2.49. The van der Waals surface area contributed by atoms with E-state index in [0.29, 0.717) is 42.1 Å². The molecule has 3 aromatic rings. The molecule has 8 heteroatoms. The Hall–Kier alpha value is -3.94. The van der Waals surface area contributed by atoms with Crippen LogP contribution in [-0.4, -0.2) is 30.1 Å². The fraction of sp³-hybridized carbons (Fsp3) is 0.200. The monoisotopic (exact) mass is 450 g/mol. The number of carbonyl (C=O) groups is 2. The van der Waals surface area contributed by atoms with Gasteiger partial charge in [-0.3, -0.25) is 4.90 Å². The van der Waals surface area contributed by atoms with Gasteiger partial charge in [-0.1, -0.05) is 35.9 Å². The third kappa shape index (κ3) is 5.28. The summed E-state index contributed by atoms with van der Waals surface area (Å²) in [5.74, 6) is -1.86. The Morgan fingerprint density at radius 1 is 0.939 bits per heavy atom. The van der Waals surface area contributed by atoms with Crippen molar-refractivity contribution < 1.29 is 18.4 Å². The average molecular weight is 450 g/mol. The molecule has 170 valence electrons. The van der Waals surface area contributed by atoms with Crippen LogP contribution in [0.2, 0.25) is 0 Å². The van der Waals surface area contributed by atoms with Gasteiger partial charge in [0.05, 0.1) is 11.4 Å². The second-order valence-corrected chi connectivity index (χ2v) is 7.92. The van der Waals surface area contributed by atoms with Crippen LogP contribution in [0.4, 0.5) is 35.4 Å². The molecule has 1 heterocycles. The summed E-state index contributed by atoms with van der Waals surface area (Å²) in [6.45, 7) is 3.10. The predicted molar refractivity (Wildman–Crippen MR) is 124 cm³/mol. The number of rotatable bonds is 5. The van der Waals surface area contributed by atoms with Crippen LogP contribution in [0.15, 0.2) is 66.7 Å². The van der Waals surface area contributed by atoms with E-state index in [1.165, 1.54) is 6.07 Å². The molecule has 2 N–H and O–H groups in total. The number of nitrogens with zero attached hydrogens (tertiary/aromatic N) is 2. The molecule has 0 aromatic heterocycles. The Morgan fingerprint density at radius 3 is 2.45 bits per heavy atom. The first-order valence-electron chi connectivity index (χ1n) is 10.6. The highest BCUT2D eigenvalue weighted by Gasteiger charge is 2.28. The van der Waals surface area contributed by atoms with Crippen molar-refractivity contribution >= 4 is 29.1 Å². The SMILES string of the molecule is Cc1ccc(NC(=O)Nc2ccccc2N2CCCN(Cc3ccc(F)c(F)c3)C2=O)cc1. The first kappa shape index (κ1) is 22.3. The van der Waals surface area contributed by atoms with E-state index in [1.54, 1.807) is 34.1 Å². The fourth-order valence-electron chi connectivity index (χ4n) is 3.75. The van der Waals surface area contributed by atoms with Gasteiger partial charge in [-0.2, -0.15) is 0 Å². The Bertz CT molecular complexity index is 1170. The standard InChI is InChI=1S/C25H24F2N4O2/c1-17-7-10-19(11-8-17)28-24(32)29-22-5-2-3-6-23(22)31-14-4-13-30(25(31)33)16-18-9-12-20(26)21(27)15-18/h2-3,5-12,15H,4,13-14,16H2,1H3,(H2,28,29,32). The Morgan fingerprint density at radius 2 is 1.70 bits per heavy atom. The predicted octanol–water partition coefficient (Wildman–Crippen LogP) is 5.75. The first-order valence-corrected chi connectivity index (χ1v) is 10.6. The number of hydrogen-bond acceptors (Lipinski definition) is 2. The van der Waals surface area contributed by atoms with Gasteiger partial charge in [-0.25, -0.2) is 18.4 Å². The lowest BCUT2D eigenvalue weighted by Gasteiger charge is -2.36. The second kappa shape index (κ2) is 9.68. The summed E-state index contributed by atoms with van der Waals surface area (Å²) < 4.78 is 26.8. The van der Waals surface area contributed by atoms with Crippen molar-refractivity contribution in [2.45, 2.75) is 19.9 Å². The number of urea groups is 2. The quantitative estimate of drug-likeness (QED) is 0.520. The molecule has 1 aliphatic rings. The summed E-state index contributed by atoms with van der Waals surface area (Å²) in [5.41, 5.74) is 3.31. The minimum Gasteiger partial charge on any atom is -0.320 e. The molecule has 33 heavy (non-hydrogen) atoms. The number of aryl methyl sites for hydroxylation is 1. The topological polar surface area (TPSA) is 64.7 Å². The molecule has 1 saturated heterocycles. The summed E-state index contributed by atoms with van der Waals surface area (Å²) >= 11 is 0. The first-order chi connectivity index (χ1) is 15.9. The molecule has 0 saturated carbocycles. The van der Waals surface area contributed by atoms with Gasteiger partial charge in [0.15, 0.2) is 11.6 Å². The maximum atomic E-state index is 13.6. The van der Waals surface area contributed by atoms with Gasteiger partial charge in [0.1, 0.15) is 0 Å². The zero-order valence-corrected chi connectivity index (χ0v) is 18.1. The van der Waals surface area contributed by atoms with Crippen LogP contribution in [0.1, 0.15) is 17.5 Å². The molecule has 4 rings (SSSR count). The molecule has 1 aliphatic heterocycles. The summed E-state index contributed by atoms with van der Waals surface area (Å²) in [5, 5.41) is 5.60. The summed E-state index contributed by atoms with van der Waals surface area (Å²) in [6, 6.07) is 17.4. The Kier molecular flexibility index (Phi) is 6.53. The molecule has 0 aliphatic carbocycles. The van der Waals surface area contributed by atoms with E-state index in [4.69, 9.17) is 0 Å². The van der Waals surface area contributed by atoms with Crippen LogP contribution in [-0.2, 0) is 6.54 Å². The van der Waals surface area contributed by atoms with E-state index in [9.17, 15) is 18.4 Å². The van der Waals surface area contributed by atoms with Crippen LogP contribution < -0.4 is 15.5 Å². The highest BCUT2D eigenvalue weighted by molar-refractivity contribution is 6.04. The number of hydrogen-bond donors (Lipinski definition) is 2. The number of amides is 4. The van der Waals surface area contributed by atoms with Gasteiger partial charge < -0.3 is 15.5 Å². The maximum absolute atomic E-state index is 13.6. The minimum absolute atomic E-state index is 0.163. The Balaban J connectivity index is 1.48. The van der Waals surface area contributed by atoms with Gasteiger partial charge in [0, 0.05) is 25.3 Å². The van der Waals surface area contributed by atoms with Crippen molar-refractivity contribution in [2.24, 2.45) is 0 Å². The molecule has 0 spiro atoms. The molecule has 4 amide bonds. The molecule has 0 bridgehead atoms. The van der Waals surface area contributed by atoms with E-state index in [-0.39, 0.29) is 12.6 Å². The third-order valence-corrected chi connectivity index (χ3v) is 5.42. The van der Waals surface area contributed by atoms with Crippen LogP contribution in [0.3, 0.4) is 0 Å². The van der Waals surface area contributed by atoms with Crippen LogP contribution in [0.5, 0.6) is 0 Å². The number of nitrogens with one attached hydrogen (secondary N) is 2. The largest absolute Gasteiger partial charge is 0.324 e. The zero-order chi connectivity index (χ0) is 23.4.